The third-order valence-electron chi connectivity index (χ3n) is 2.71. The van der Waals surface area contributed by atoms with Crippen molar-refractivity contribution in [1.29, 1.82) is 0 Å². The second-order valence-electron chi connectivity index (χ2n) is 4.12. The molecule has 0 saturated heterocycles. The van der Waals surface area contributed by atoms with Gasteiger partial charge in [0.1, 0.15) is 5.75 Å². The van der Waals surface area contributed by atoms with Gasteiger partial charge in [0.2, 0.25) is 5.28 Å². The Bertz CT molecular complexity index is 559. The van der Waals surface area contributed by atoms with Gasteiger partial charge in [-0.1, -0.05) is 12.1 Å². The molecule has 0 spiro atoms. The molecule has 0 saturated carbocycles. The number of nitrogen functional groups attached to an aromatic ring is 1. The van der Waals surface area contributed by atoms with Crippen LogP contribution in [-0.4, -0.2) is 24.1 Å². The lowest BCUT2D eigenvalue weighted by molar-refractivity contribution is 0.414. The number of benzene rings is 1. The number of hydrogen-bond donors (Lipinski definition) is 1. The van der Waals surface area contributed by atoms with Crippen molar-refractivity contribution in [2.24, 2.45) is 0 Å². The molecule has 100 valence electrons. The Morgan fingerprint density at radius 2 is 2.00 bits per heavy atom. The summed E-state index contributed by atoms with van der Waals surface area (Å²) in [4.78, 5) is 9.89. The van der Waals surface area contributed by atoms with E-state index in [-0.39, 0.29) is 5.28 Å². The van der Waals surface area contributed by atoms with Crippen molar-refractivity contribution in [1.82, 2.24) is 9.97 Å². The minimum atomic E-state index is 0.186. The van der Waals surface area contributed by atoms with Crippen LogP contribution in [-0.2, 0) is 6.54 Å². The number of methoxy groups -OCH3 is 1. The molecule has 0 unspecified atom stereocenters. The molecule has 19 heavy (non-hydrogen) atoms. The molecule has 1 aromatic heterocycles. The number of ether oxygens (including phenoxy) is 1. The number of nitrogens with zero attached hydrogens (tertiary/aromatic N) is 3. The predicted molar refractivity (Wildman–Crippen MR) is 76.6 cm³/mol. The van der Waals surface area contributed by atoms with Crippen LogP contribution in [0, 0.1) is 0 Å². The average Bonchev–Trinajstić information content (AvgIpc) is 2.42. The van der Waals surface area contributed by atoms with Crippen molar-refractivity contribution >= 4 is 23.1 Å². The Morgan fingerprint density at radius 3 is 2.63 bits per heavy atom. The maximum absolute atomic E-state index is 5.84. The molecule has 5 nitrogen and oxygen atoms in total. The molecule has 2 aromatic rings. The molecule has 0 bridgehead atoms. The highest BCUT2D eigenvalue weighted by Gasteiger charge is 2.09. The topological polar surface area (TPSA) is 64.3 Å². The Kier molecular flexibility index (Phi) is 4.06. The minimum Gasteiger partial charge on any atom is -0.497 e. The van der Waals surface area contributed by atoms with Crippen LogP contribution in [0.4, 0.5) is 11.5 Å². The van der Waals surface area contributed by atoms with Crippen LogP contribution in [0.1, 0.15) is 5.56 Å². The van der Waals surface area contributed by atoms with E-state index in [1.807, 2.05) is 36.2 Å². The van der Waals surface area contributed by atoms with Crippen LogP contribution in [0.25, 0.3) is 0 Å². The molecule has 0 fully saturated rings. The number of nitrogens with two attached hydrogens (primary N) is 1. The fraction of sp³-hybridized carbons (Fsp3) is 0.231. The lowest BCUT2D eigenvalue weighted by Gasteiger charge is -2.19. The monoisotopic (exact) mass is 278 g/mol. The fourth-order valence-electron chi connectivity index (χ4n) is 1.75. The first-order valence-electron chi connectivity index (χ1n) is 5.72. The Hall–Kier alpha value is -2.01. The highest BCUT2D eigenvalue weighted by molar-refractivity contribution is 6.28. The van der Waals surface area contributed by atoms with Crippen molar-refractivity contribution < 1.29 is 4.74 Å². The molecule has 0 radical (unpaired) electrons. The third-order valence-corrected chi connectivity index (χ3v) is 2.89. The molecule has 0 amide bonds. The largest absolute Gasteiger partial charge is 0.497 e. The molecule has 2 N–H and O–H groups in total. The second-order valence-corrected chi connectivity index (χ2v) is 4.46. The Morgan fingerprint density at radius 1 is 1.32 bits per heavy atom. The maximum Gasteiger partial charge on any atom is 0.224 e. The summed E-state index contributed by atoms with van der Waals surface area (Å²) in [6.07, 6.45) is 1.51. The Labute approximate surface area is 117 Å². The zero-order valence-electron chi connectivity index (χ0n) is 10.8. The first-order chi connectivity index (χ1) is 9.10. The quantitative estimate of drug-likeness (QED) is 0.870. The maximum atomic E-state index is 5.84. The van der Waals surface area contributed by atoms with Crippen LogP contribution >= 0.6 is 11.6 Å². The first kappa shape index (κ1) is 13.4. The number of anilines is 2. The van der Waals surface area contributed by atoms with Gasteiger partial charge in [0.15, 0.2) is 5.82 Å². The summed E-state index contributed by atoms with van der Waals surface area (Å²) in [5.41, 5.74) is 7.47. The zero-order chi connectivity index (χ0) is 13.8. The van der Waals surface area contributed by atoms with Crippen LogP contribution in [0.2, 0.25) is 5.28 Å². The molecule has 6 heteroatoms. The lowest BCUT2D eigenvalue weighted by atomic mass is 10.2. The summed E-state index contributed by atoms with van der Waals surface area (Å²) in [6.45, 7) is 0.668. The first-order valence-corrected chi connectivity index (χ1v) is 6.10. The van der Waals surface area contributed by atoms with Gasteiger partial charge in [0, 0.05) is 13.6 Å². The van der Waals surface area contributed by atoms with Gasteiger partial charge >= 0.3 is 0 Å². The lowest BCUT2D eigenvalue weighted by Crippen LogP contribution is -2.19. The zero-order valence-corrected chi connectivity index (χ0v) is 11.6. The van der Waals surface area contributed by atoms with E-state index in [1.54, 1.807) is 7.11 Å². The molecule has 1 aromatic carbocycles. The van der Waals surface area contributed by atoms with E-state index < -0.39 is 0 Å². The fourth-order valence-corrected chi connectivity index (χ4v) is 1.88. The Balaban J connectivity index is 2.15. The summed E-state index contributed by atoms with van der Waals surface area (Å²) in [5.74, 6) is 1.45. The summed E-state index contributed by atoms with van der Waals surface area (Å²) in [5, 5.41) is 0.186. The highest BCUT2D eigenvalue weighted by atomic mass is 35.5. The van der Waals surface area contributed by atoms with Crippen LogP contribution in [0.3, 0.4) is 0 Å². The average molecular weight is 279 g/mol. The molecule has 1 heterocycles. The van der Waals surface area contributed by atoms with Gasteiger partial charge in [0.05, 0.1) is 19.0 Å². The van der Waals surface area contributed by atoms with Crippen LogP contribution in [0.15, 0.2) is 30.5 Å². The van der Waals surface area contributed by atoms with Gasteiger partial charge in [-0.3, -0.25) is 0 Å². The van der Waals surface area contributed by atoms with Crippen molar-refractivity contribution in [2.45, 2.75) is 6.54 Å². The molecular weight excluding hydrogens is 264 g/mol. The van der Waals surface area contributed by atoms with Crippen LogP contribution in [0.5, 0.6) is 5.75 Å². The number of halogens is 1. The summed E-state index contributed by atoms with van der Waals surface area (Å²) < 4.78 is 5.12. The van der Waals surface area contributed by atoms with E-state index in [9.17, 15) is 0 Å². The van der Waals surface area contributed by atoms with Gasteiger partial charge in [-0.05, 0) is 29.3 Å². The highest BCUT2D eigenvalue weighted by Crippen LogP contribution is 2.22. The van der Waals surface area contributed by atoms with E-state index >= 15 is 0 Å². The molecular formula is C13H15ClN4O. The van der Waals surface area contributed by atoms with Gasteiger partial charge < -0.3 is 15.4 Å². The van der Waals surface area contributed by atoms with Crippen LogP contribution < -0.4 is 15.4 Å². The molecule has 0 aliphatic heterocycles. The molecule has 0 atom stereocenters. The summed E-state index contributed by atoms with van der Waals surface area (Å²) in [7, 11) is 3.55. The molecule has 0 aliphatic carbocycles. The second kappa shape index (κ2) is 5.75. The van der Waals surface area contributed by atoms with Crippen molar-refractivity contribution in [2.75, 3.05) is 24.8 Å². The van der Waals surface area contributed by atoms with Crippen molar-refractivity contribution in [3.8, 4) is 5.75 Å². The smallest absolute Gasteiger partial charge is 0.224 e. The van der Waals surface area contributed by atoms with E-state index in [0.29, 0.717) is 18.1 Å². The van der Waals surface area contributed by atoms with Crippen molar-refractivity contribution in [3.05, 3.63) is 41.3 Å². The number of hydrogen-bond acceptors (Lipinski definition) is 5. The number of rotatable bonds is 4. The SMILES string of the molecule is COc1ccc(CN(C)c2nc(Cl)ncc2N)cc1. The predicted octanol–water partition coefficient (Wildman–Crippen LogP) is 2.36. The van der Waals surface area contributed by atoms with E-state index in [0.717, 1.165) is 11.3 Å². The van der Waals surface area contributed by atoms with Gasteiger partial charge in [-0.25, -0.2) is 4.98 Å². The molecule has 2 rings (SSSR count). The summed E-state index contributed by atoms with van der Waals surface area (Å²) in [6, 6.07) is 7.82. The van der Waals surface area contributed by atoms with E-state index in [4.69, 9.17) is 22.1 Å². The third kappa shape index (κ3) is 3.26. The molecule has 0 aliphatic rings. The summed E-state index contributed by atoms with van der Waals surface area (Å²) >= 11 is 5.78. The normalized spacial score (nSPS) is 10.3. The van der Waals surface area contributed by atoms with E-state index in [2.05, 4.69) is 9.97 Å². The number of aromatic nitrogens is 2. The van der Waals surface area contributed by atoms with Gasteiger partial charge in [0.25, 0.3) is 0 Å². The van der Waals surface area contributed by atoms with Gasteiger partial charge in [-0.15, -0.1) is 0 Å². The van der Waals surface area contributed by atoms with E-state index in [1.165, 1.54) is 6.20 Å². The van der Waals surface area contributed by atoms with Crippen molar-refractivity contribution in [3.63, 3.8) is 0 Å². The van der Waals surface area contributed by atoms with Gasteiger partial charge in [-0.2, -0.15) is 4.98 Å². The minimum absolute atomic E-state index is 0.186. The standard InChI is InChI=1S/C13H15ClN4O/c1-18(12-11(15)7-16-13(14)17-12)8-9-3-5-10(19-2)6-4-9/h3-7H,8,15H2,1-2H3.